The number of alkyl halides is 3. The van der Waals surface area contributed by atoms with Gasteiger partial charge in [0.25, 0.3) is 0 Å². The van der Waals surface area contributed by atoms with Crippen molar-refractivity contribution in [2.24, 2.45) is 0 Å². The van der Waals surface area contributed by atoms with E-state index in [0.29, 0.717) is 26.5 Å². The Labute approximate surface area is 141 Å². The van der Waals surface area contributed by atoms with Gasteiger partial charge in [0.15, 0.2) is 0 Å². The molecule has 6 heteroatoms. The van der Waals surface area contributed by atoms with Gasteiger partial charge in [-0.05, 0) is 36.8 Å². The molecule has 0 aliphatic carbocycles. The second-order valence-electron chi connectivity index (χ2n) is 5.31. The van der Waals surface area contributed by atoms with Crippen LogP contribution in [0.1, 0.15) is 16.8 Å². The number of halogens is 5. The lowest BCUT2D eigenvalue weighted by Crippen LogP contribution is -2.14. The van der Waals surface area contributed by atoms with Gasteiger partial charge in [0.05, 0.1) is 0 Å². The van der Waals surface area contributed by atoms with Crippen molar-refractivity contribution in [3.8, 4) is 0 Å². The molecule has 1 radical (unpaired) electrons. The highest BCUT2D eigenvalue weighted by molar-refractivity contribution is 6.35. The number of benzene rings is 2. The van der Waals surface area contributed by atoms with Crippen LogP contribution in [0.3, 0.4) is 0 Å². The summed E-state index contributed by atoms with van der Waals surface area (Å²) in [7, 11) is 0. The molecule has 23 heavy (non-hydrogen) atoms. The van der Waals surface area contributed by atoms with Gasteiger partial charge in [-0.25, -0.2) is 0 Å². The topological polar surface area (TPSA) is 4.93 Å². The quantitative estimate of drug-likeness (QED) is 0.520. The third-order valence-electron chi connectivity index (χ3n) is 3.58. The summed E-state index contributed by atoms with van der Waals surface area (Å²) in [5, 5.41) is 1.20. The van der Waals surface area contributed by atoms with Crippen molar-refractivity contribution in [3.05, 3.63) is 69.3 Å². The molecule has 0 unspecified atom stereocenters. The second-order valence-corrected chi connectivity index (χ2v) is 6.16. The highest BCUT2D eigenvalue weighted by Gasteiger charge is 2.35. The van der Waals surface area contributed by atoms with Crippen LogP contribution in [0.5, 0.6) is 0 Å². The van der Waals surface area contributed by atoms with E-state index in [-0.39, 0.29) is 6.54 Å². The Morgan fingerprint density at radius 2 is 1.83 bits per heavy atom. The predicted octanol–water partition coefficient (Wildman–Crippen LogP) is 6.12. The van der Waals surface area contributed by atoms with E-state index in [9.17, 15) is 13.2 Å². The van der Waals surface area contributed by atoms with E-state index >= 15 is 0 Å². The average molecular weight is 357 g/mol. The van der Waals surface area contributed by atoms with Gasteiger partial charge in [0, 0.05) is 33.6 Å². The minimum atomic E-state index is -4.49. The molecule has 3 aromatic rings. The first-order valence-electron chi connectivity index (χ1n) is 6.79. The highest BCUT2D eigenvalue weighted by Crippen LogP contribution is 2.35. The summed E-state index contributed by atoms with van der Waals surface area (Å²) >= 11 is 11.9. The maximum atomic E-state index is 13.3. The zero-order valence-corrected chi connectivity index (χ0v) is 13.5. The summed E-state index contributed by atoms with van der Waals surface area (Å²) in [6.07, 6.45) is -4.49. The van der Waals surface area contributed by atoms with Crippen LogP contribution in [0.2, 0.25) is 10.0 Å². The SMILES string of the molecule is Cc1ccc2c([c]c(C(F)(F)F)n2Cc2ccc(Cl)cc2Cl)c1. The molecule has 0 aliphatic heterocycles. The lowest BCUT2D eigenvalue weighted by atomic mass is 10.2. The van der Waals surface area contributed by atoms with Gasteiger partial charge >= 0.3 is 6.18 Å². The van der Waals surface area contributed by atoms with Crippen molar-refractivity contribution >= 4 is 34.1 Å². The first kappa shape index (κ1) is 16.2. The molecule has 0 bridgehead atoms. The lowest BCUT2D eigenvalue weighted by molar-refractivity contribution is -0.143. The fourth-order valence-corrected chi connectivity index (χ4v) is 2.98. The number of aromatic nitrogens is 1. The van der Waals surface area contributed by atoms with Crippen LogP contribution in [-0.4, -0.2) is 4.57 Å². The summed E-state index contributed by atoms with van der Waals surface area (Å²) < 4.78 is 41.2. The van der Waals surface area contributed by atoms with Crippen molar-refractivity contribution < 1.29 is 13.2 Å². The van der Waals surface area contributed by atoms with Crippen LogP contribution in [0.25, 0.3) is 10.9 Å². The molecule has 2 aromatic carbocycles. The molecule has 0 saturated carbocycles. The molecule has 0 amide bonds. The minimum absolute atomic E-state index is 0.00605. The van der Waals surface area contributed by atoms with Crippen molar-refractivity contribution in [2.75, 3.05) is 0 Å². The van der Waals surface area contributed by atoms with E-state index in [2.05, 4.69) is 6.07 Å². The Morgan fingerprint density at radius 1 is 1.09 bits per heavy atom. The Hall–Kier alpha value is -1.65. The third kappa shape index (κ3) is 3.19. The number of hydrogen-bond acceptors (Lipinski definition) is 0. The Bertz CT molecular complexity index is 881. The van der Waals surface area contributed by atoms with Crippen molar-refractivity contribution in [1.82, 2.24) is 4.57 Å². The number of nitrogens with zero attached hydrogens (tertiary/aromatic N) is 1. The van der Waals surface area contributed by atoms with E-state index in [4.69, 9.17) is 23.2 Å². The molecule has 0 saturated heterocycles. The van der Waals surface area contributed by atoms with Crippen LogP contribution in [0, 0.1) is 13.0 Å². The summed E-state index contributed by atoms with van der Waals surface area (Å²) in [5.74, 6) is 0. The van der Waals surface area contributed by atoms with E-state index in [1.165, 1.54) is 10.6 Å². The lowest BCUT2D eigenvalue weighted by Gasteiger charge is -2.14. The van der Waals surface area contributed by atoms with Crippen LogP contribution < -0.4 is 0 Å². The fraction of sp³-hybridized carbons (Fsp3) is 0.176. The van der Waals surface area contributed by atoms with Gasteiger partial charge in [-0.15, -0.1) is 0 Å². The molecule has 1 heterocycles. The summed E-state index contributed by atoms with van der Waals surface area (Å²) in [6.45, 7) is 1.82. The maximum Gasteiger partial charge on any atom is 0.432 e. The first-order valence-corrected chi connectivity index (χ1v) is 7.54. The van der Waals surface area contributed by atoms with E-state index in [0.717, 1.165) is 5.56 Å². The molecular weight excluding hydrogens is 346 g/mol. The minimum Gasteiger partial charge on any atom is -0.332 e. The van der Waals surface area contributed by atoms with Crippen LogP contribution >= 0.6 is 23.2 Å². The third-order valence-corrected chi connectivity index (χ3v) is 4.16. The summed E-state index contributed by atoms with van der Waals surface area (Å²) in [6, 6.07) is 12.3. The molecule has 0 aliphatic rings. The largest absolute Gasteiger partial charge is 0.432 e. The number of hydrogen-bond donors (Lipinski definition) is 0. The smallest absolute Gasteiger partial charge is 0.332 e. The molecule has 3 rings (SSSR count). The first-order chi connectivity index (χ1) is 10.8. The summed E-state index contributed by atoms with van der Waals surface area (Å²) in [5.41, 5.74) is 1.09. The monoisotopic (exact) mass is 356 g/mol. The zero-order chi connectivity index (χ0) is 16.8. The Morgan fingerprint density at radius 3 is 2.48 bits per heavy atom. The van der Waals surface area contributed by atoms with E-state index in [1.807, 2.05) is 6.92 Å². The van der Waals surface area contributed by atoms with Gasteiger partial charge < -0.3 is 4.57 Å². The maximum absolute atomic E-state index is 13.3. The molecule has 0 spiro atoms. The number of rotatable bonds is 2. The van der Waals surface area contributed by atoms with Crippen LogP contribution in [0.4, 0.5) is 13.2 Å². The van der Waals surface area contributed by atoms with Crippen LogP contribution in [-0.2, 0) is 12.7 Å². The van der Waals surface area contributed by atoms with Crippen molar-refractivity contribution in [1.29, 1.82) is 0 Å². The molecular formula is C17H11Cl2F3N. The van der Waals surface area contributed by atoms with Gasteiger partial charge in [-0.1, -0.05) is 40.9 Å². The zero-order valence-electron chi connectivity index (χ0n) is 12.0. The Kier molecular flexibility index (Phi) is 4.07. The van der Waals surface area contributed by atoms with Crippen LogP contribution in [0.15, 0.2) is 36.4 Å². The fourth-order valence-electron chi connectivity index (χ4n) is 2.51. The van der Waals surface area contributed by atoms with Gasteiger partial charge in [0.1, 0.15) is 5.69 Å². The van der Waals surface area contributed by atoms with Gasteiger partial charge in [0.2, 0.25) is 0 Å². The van der Waals surface area contributed by atoms with Crippen molar-refractivity contribution in [3.63, 3.8) is 0 Å². The molecule has 0 N–H and O–H groups in total. The molecule has 1 aromatic heterocycles. The molecule has 0 atom stereocenters. The number of aryl methyl sites for hydroxylation is 1. The molecule has 0 fully saturated rings. The predicted molar refractivity (Wildman–Crippen MR) is 86.1 cm³/mol. The van der Waals surface area contributed by atoms with E-state index in [1.54, 1.807) is 30.3 Å². The summed E-state index contributed by atoms with van der Waals surface area (Å²) in [4.78, 5) is 0. The standard InChI is InChI=1S/C17H11Cl2F3N/c1-10-2-5-15-12(6-10)7-16(17(20,21)22)23(15)9-11-3-4-13(18)8-14(11)19/h2-6,8H,9H2,1H3. The normalized spacial score (nSPS) is 12.1. The Balaban J connectivity index is 2.18. The average Bonchev–Trinajstić information content (AvgIpc) is 2.79. The molecule has 119 valence electrons. The molecule has 1 nitrogen and oxygen atoms in total. The van der Waals surface area contributed by atoms with E-state index < -0.39 is 11.9 Å². The van der Waals surface area contributed by atoms with Gasteiger partial charge in [-0.3, -0.25) is 0 Å². The highest BCUT2D eigenvalue weighted by atomic mass is 35.5. The van der Waals surface area contributed by atoms with Gasteiger partial charge in [-0.2, -0.15) is 13.2 Å². The number of fused-ring (bicyclic) bond motifs is 1. The second kappa shape index (κ2) is 5.77. The van der Waals surface area contributed by atoms with Crippen molar-refractivity contribution in [2.45, 2.75) is 19.6 Å².